The molecule has 8 heteroatoms. The molecule has 0 saturated heterocycles. The van der Waals surface area contributed by atoms with Crippen LogP contribution in [0.15, 0.2) is 65.6 Å². The van der Waals surface area contributed by atoms with Gasteiger partial charge >= 0.3 is 0 Å². The zero-order chi connectivity index (χ0) is 20.3. The predicted molar refractivity (Wildman–Crippen MR) is 108 cm³/mol. The minimum absolute atomic E-state index is 0.196. The standard InChI is InChI=1S/C20H20N2O5S/c1-25-17-5-3-4-6-18(17)27-20-12-16(22)15(21)11-19(20)26-13-7-9-14(10-8-13)28(2,23)24/h3-12H,21-22H2,1-2H3. The summed E-state index contributed by atoms with van der Waals surface area (Å²) in [4.78, 5) is 0.196. The fraction of sp³-hybridized carbons (Fsp3) is 0.100. The van der Waals surface area contributed by atoms with Gasteiger partial charge in [0, 0.05) is 18.4 Å². The van der Waals surface area contributed by atoms with Crippen molar-refractivity contribution in [3.05, 3.63) is 60.7 Å². The smallest absolute Gasteiger partial charge is 0.175 e. The molecule has 3 rings (SSSR count). The van der Waals surface area contributed by atoms with E-state index in [-0.39, 0.29) is 4.90 Å². The van der Waals surface area contributed by atoms with Crippen LogP contribution in [-0.4, -0.2) is 21.8 Å². The van der Waals surface area contributed by atoms with E-state index < -0.39 is 9.84 Å². The number of nitrogen functional groups attached to an aromatic ring is 2. The van der Waals surface area contributed by atoms with E-state index in [0.29, 0.717) is 40.1 Å². The van der Waals surface area contributed by atoms with Gasteiger partial charge in [-0.15, -0.1) is 0 Å². The number of methoxy groups -OCH3 is 1. The lowest BCUT2D eigenvalue weighted by Gasteiger charge is -2.16. The molecule has 7 nitrogen and oxygen atoms in total. The number of anilines is 2. The summed E-state index contributed by atoms with van der Waals surface area (Å²) in [5.74, 6) is 2.10. The summed E-state index contributed by atoms with van der Waals surface area (Å²) in [6, 6.07) is 16.3. The Hall–Kier alpha value is -3.39. The summed E-state index contributed by atoms with van der Waals surface area (Å²) in [7, 11) is -1.75. The Kier molecular flexibility index (Phi) is 5.32. The van der Waals surface area contributed by atoms with Gasteiger partial charge in [-0.3, -0.25) is 0 Å². The van der Waals surface area contributed by atoms with Crippen LogP contribution in [0.4, 0.5) is 11.4 Å². The number of sulfone groups is 1. The van der Waals surface area contributed by atoms with Crippen LogP contribution < -0.4 is 25.7 Å². The molecule has 0 unspecified atom stereocenters. The first kappa shape index (κ1) is 19.4. The second-order valence-electron chi connectivity index (χ2n) is 6.03. The molecule has 0 heterocycles. The van der Waals surface area contributed by atoms with E-state index in [4.69, 9.17) is 25.7 Å². The second-order valence-corrected chi connectivity index (χ2v) is 8.04. The Balaban J connectivity index is 1.95. The average molecular weight is 400 g/mol. The normalized spacial score (nSPS) is 11.1. The Labute approximate surface area is 163 Å². The van der Waals surface area contributed by atoms with Crippen molar-refractivity contribution in [1.29, 1.82) is 0 Å². The average Bonchev–Trinajstić information content (AvgIpc) is 2.66. The fourth-order valence-corrected chi connectivity index (χ4v) is 3.08. The molecule has 0 aromatic heterocycles. The lowest BCUT2D eigenvalue weighted by Crippen LogP contribution is -1.99. The Morgan fingerprint density at radius 2 is 1.29 bits per heavy atom. The van der Waals surface area contributed by atoms with Crippen molar-refractivity contribution < 1.29 is 22.6 Å². The third-order valence-electron chi connectivity index (χ3n) is 3.92. The Morgan fingerprint density at radius 3 is 1.82 bits per heavy atom. The molecule has 3 aromatic carbocycles. The van der Waals surface area contributed by atoms with E-state index in [1.54, 1.807) is 43.5 Å². The first-order chi connectivity index (χ1) is 13.3. The summed E-state index contributed by atoms with van der Waals surface area (Å²) in [5.41, 5.74) is 12.5. The van der Waals surface area contributed by atoms with Crippen LogP contribution in [0.3, 0.4) is 0 Å². The molecular weight excluding hydrogens is 380 g/mol. The molecule has 146 valence electrons. The Bertz CT molecular complexity index is 1100. The third kappa shape index (κ3) is 4.29. The van der Waals surface area contributed by atoms with Crippen LogP contribution in [0.1, 0.15) is 0 Å². The van der Waals surface area contributed by atoms with E-state index >= 15 is 0 Å². The molecule has 0 aliphatic carbocycles. The van der Waals surface area contributed by atoms with Gasteiger partial charge in [0.1, 0.15) is 5.75 Å². The molecule has 0 atom stereocenters. The van der Waals surface area contributed by atoms with Crippen LogP contribution in [0.2, 0.25) is 0 Å². The van der Waals surface area contributed by atoms with E-state index in [1.165, 1.54) is 12.1 Å². The number of benzene rings is 3. The molecular formula is C20H20N2O5S. The molecule has 4 N–H and O–H groups in total. The van der Waals surface area contributed by atoms with Crippen molar-refractivity contribution in [2.24, 2.45) is 0 Å². The molecule has 28 heavy (non-hydrogen) atoms. The highest BCUT2D eigenvalue weighted by atomic mass is 32.2. The van der Waals surface area contributed by atoms with Crippen molar-refractivity contribution in [2.45, 2.75) is 4.90 Å². The number of rotatable bonds is 6. The Morgan fingerprint density at radius 1 is 0.750 bits per heavy atom. The first-order valence-electron chi connectivity index (χ1n) is 8.26. The van der Waals surface area contributed by atoms with Crippen molar-refractivity contribution in [3.8, 4) is 28.7 Å². The molecule has 0 bridgehead atoms. The van der Waals surface area contributed by atoms with Gasteiger partial charge in [-0.1, -0.05) is 12.1 Å². The molecule has 0 amide bonds. The zero-order valence-electron chi connectivity index (χ0n) is 15.4. The highest BCUT2D eigenvalue weighted by Crippen LogP contribution is 2.41. The topological polar surface area (TPSA) is 114 Å². The number of ether oxygens (including phenoxy) is 3. The van der Waals surface area contributed by atoms with Gasteiger partial charge in [-0.2, -0.15) is 0 Å². The SMILES string of the molecule is COc1ccccc1Oc1cc(N)c(N)cc1Oc1ccc(S(C)(=O)=O)cc1. The van der Waals surface area contributed by atoms with Gasteiger partial charge in [0.25, 0.3) is 0 Å². The van der Waals surface area contributed by atoms with E-state index in [9.17, 15) is 8.42 Å². The second kappa shape index (κ2) is 7.69. The summed E-state index contributed by atoms with van der Waals surface area (Å²) in [6.45, 7) is 0. The van der Waals surface area contributed by atoms with Crippen LogP contribution in [0.5, 0.6) is 28.7 Å². The van der Waals surface area contributed by atoms with Crippen LogP contribution in [-0.2, 0) is 9.84 Å². The fourth-order valence-electron chi connectivity index (χ4n) is 2.45. The number of hydrogen-bond acceptors (Lipinski definition) is 7. The van der Waals surface area contributed by atoms with Crippen molar-refractivity contribution in [1.82, 2.24) is 0 Å². The maximum absolute atomic E-state index is 11.6. The summed E-state index contributed by atoms with van der Waals surface area (Å²) in [5, 5.41) is 0. The number of nitrogens with two attached hydrogens (primary N) is 2. The summed E-state index contributed by atoms with van der Waals surface area (Å²) < 4.78 is 40.3. The largest absolute Gasteiger partial charge is 0.493 e. The minimum Gasteiger partial charge on any atom is -0.493 e. The van der Waals surface area contributed by atoms with Gasteiger partial charge in [0.15, 0.2) is 32.8 Å². The summed E-state index contributed by atoms with van der Waals surface area (Å²) in [6.07, 6.45) is 1.14. The van der Waals surface area contributed by atoms with Crippen molar-refractivity contribution >= 4 is 21.2 Å². The molecule has 0 saturated carbocycles. The molecule has 0 fully saturated rings. The number of hydrogen-bond donors (Lipinski definition) is 2. The van der Waals surface area contributed by atoms with E-state index in [1.807, 2.05) is 12.1 Å². The maximum atomic E-state index is 11.6. The maximum Gasteiger partial charge on any atom is 0.175 e. The van der Waals surface area contributed by atoms with Gasteiger partial charge < -0.3 is 25.7 Å². The van der Waals surface area contributed by atoms with Gasteiger partial charge in [0.05, 0.1) is 23.4 Å². The van der Waals surface area contributed by atoms with Crippen LogP contribution in [0.25, 0.3) is 0 Å². The highest BCUT2D eigenvalue weighted by molar-refractivity contribution is 7.90. The number of para-hydroxylation sites is 2. The van der Waals surface area contributed by atoms with Crippen molar-refractivity contribution in [2.75, 3.05) is 24.8 Å². The molecule has 0 radical (unpaired) electrons. The van der Waals surface area contributed by atoms with Gasteiger partial charge in [0.2, 0.25) is 0 Å². The predicted octanol–water partition coefficient (Wildman–Crippen LogP) is 3.85. The third-order valence-corrected chi connectivity index (χ3v) is 5.05. The molecule has 0 spiro atoms. The van der Waals surface area contributed by atoms with E-state index in [2.05, 4.69) is 0 Å². The molecule has 3 aromatic rings. The zero-order valence-corrected chi connectivity index (χ0v) is 16.2. The first-order valence-corrected chi connectivity index (χ1v) is 10.1. The van der Waals surface area contributed by atoms with Crippen LogP contribution in [0, 0.1) is 0 Å². The van der Waals surface area contributed by atoms with Gasteiger partial charge in [-0.05, 0) is 36.4 Å². The minimum atomic E-state index is -3.29. The quantitative estimate of drug-likeness (QED) is 0.604. The lowest BCUT2D eigenvalue weighted by atomic mass is 10.2. The molecule has 0 aliphatic rings. The molecule has 0 aliphatic heterocycles. The summed E-state index contributed by atoms with van der Waals surface area (Å²) >= 11 is 0. The van der Waals surface area contributed by atoms with Crippen molar-refractivity contribution in [3.63, 3.8) is 0 Å². The highest BCUT2D eigenvalue weighted by Gasteiger charge is 2.14. The monoisotopic (exact) mass is 400 g/mol. The lowest BCUT2D eigenvalue weighted by molar-refractivity contribution is 0.369. The van der Waals surface area contributed by atoms with Crippen LogP contribution >= 0.6 is 0 Å². The van der Waals surface area contributed by atoms with Gasteiger partial charge in [-0.25, -0.2) is 8.42 Å². The van der Waals surface area contributed by atoms with E-state index in [0.717, 1.165) is 6.26 Å².